The van der Waals surface area contributed by atoms with E-state index in [0.29, 0.717) is 19.6 Å². The largest absolute Gasteiger partial charge is 0.400 e. The zero-order valence-corrected chi connectivity index (χ0v) is 14.7. The first-order valence-electron chi connectivity index (χ1n) is 7.49. The number of nitrogens with zero attached hydrogens (tertiary/aromatic N) is 1. The van der Waals surface area contributed by atoms with Gasteiger partial charge in [0.1, 0.15) is 0 Å². The van der Waals surface area contributed by atoms with Crippen molar-refractivity contribution in [2.24, 2.45) is 5.92 Å². The van der Waals surface area contributed by atoms with E-state index >= 15 is 0 Å². The second kappa shape index (κ2) is 8.27. The Morgan fingerprint density at radius 3 is 2.83 bits per heavy atom. The van der Waals surface area contributed by atoms with Gasteiger partial charge in [-0.1, -0.05) is 6.58 Å². The molecule has 3 atom stereocenters. The summed E-state index contributed by atoms with van der Waals surface area (Å²) >= 11 is 8.21. The van der Waals surface area contributed by atoms with Crippen LogP contribution in [0.2, 0.25) is 0 Å². The van der Waals surface area contributed by atoms with E-state index in [0.717, 1.165) is 12.1 Å². The lowest BCUT2D eigenvalue weighted by Crippen LogP contribution is -2.58. The minimum Gasteiger partial charge on any atom is -0.400 e. The van der Waals surface area contributed by atoms with Crippen molar-refractivity contribution in [2.75, 3.05) is 32.1 Å². The Labute approximate surface area is 148 Å². The number of carbonyl (C=O) groups excluding carboxylic acids is 3. The molecule has 2 rings (SSSR count). The van der Waals surface area contributed by atoms with Crippen LogP contribution in [0.15, 0.2) is 12.2 Å². The summed E-state index contributed by atoms with van der Waals surface area (Å²) in [6.45, 7) is 6.31. The van der Waals surface area contributed by atoms with E-state index in [-0.39, 0.29) is 29.9 Å². The van der Waals surface area contributed by atoms with Gasteiger partial charge in [0.15, 0.2) is 5.78 Å². The summed E-state index contributed by atoms with van der Waals surface area (Å²) in [4.78, 5) is 36.2. The molecule has 2 saturated heterocycles. The molecule has 3 N–H and O–H groups in total. The number of ketones is 1. The fourth-order valence-electron chi connectivity index (χ4n) is 2.73. The van der Waals surface area contributed by atoms with Gasteiger partial charge in [-0.15, -0.1) is 11.6 Å². The Bertz CT molecular complexity index is 500. The summed E-state index contributed by atoms with van der Waals surface area (Å²) in [6.07, 6.45) is 0.194. The predicted octanol–water partition coefficient (Wildman–Crippen LogP) is -1.67. The Morgan fingerprint density at radius 2 is 2.26 bits per heavy atom. The van der Waals surface area contributed by atoms with Gasteiger partial charge >= 0.3 is 0 Å². The summed E-state index contributed by atoms with van der Waals surface area (Å²) in [5, 5.41) is 8.54. The minimum absolute atomic E-state index is 0.163. The van der Waals surface area contributed by atoms with E-state index in [1.54, 1.807) is 0 Å². The van der Waals surface area contributed by atoms with Crippen LogP contribution in [-0.4, -0.2) is 82.1 Å². The maximum Gasteiger partial charge on any atom is 0.256 e. The average Bonchev–Trinajstić information content (AvgIpc) is 2.85. The minimum atomic E-state index is -0.785. The summed E-state index contributed by atoms with van der Waals surface area (Å²) < 4.78 is 1.96. The highest BCUT2D eigenvalue weighted by atomic mass is 35.5. The van der Waals surface area contributed by atoms with Crippen LogP contribution in [0.3, 0.4) is 0 Å². The molecule has 124 valence electrons. The number of Topliss-reactive ketones (excluding diaryl/α,β-unsaturated/α-hetero) is 1. The predicted molar refractivity (Wildman–Crippen MR) is 87.0 cm³/mol. The second-order valence-electron chi connectivity index (χ2n) is 5.83. The van der Waals surface area contributed by atoms with E-state index < -0.39 is 18.0 Å². The first-order valence-corrected chi connectivity index (χ1v) is 8.55. The Morgan fingerprint density at radius 1 is 1.52 bits per heavy atom. The summed E-state index contributed by atoms with van der Waals surface area (Å²) in [7, 11) is 0. The van der Waals surface area contributed by atoms with Crippen molar-refractivity contribution in [1.82, 2.24) is 19.8 Å². The summed E-state index contributed by atoms with van der Waals surface area (Å²) in [6, 6.07) is -1.18. The number of hydrogen-bond acceptors (Lipinski definition) is 5. The lowest BCUT2D eigenvalue weighted by Gasteiger charge is -2.32. The standard InChI is InChI=1S/C14H20ClN4O3.Al/c1-8-6-18-13(21)9(8)4-10(12(20)5-15)19-14(22)11-7-16-2-3-17-11;/h9-11,17H,1-7H2,(H,18,21)(H,19,22);/q-1;+1/t9-,10+,11+;/m1./s1. The van der Waals surface area contributed by atoms with Crippen LogP contribution < -0.4 is 16.0 Å². The third kappa shape index (κ3) is 4.78. The van der Waals surface area contributed by atoms with Crippen molar-refractivity contribution in [3.8, 4) is 0 Å². The molecule has 2 aliphatic heterocycles. The lowest BCUT2D eigenvalue weighted by atomic mass is 9.93. The van der Waals surface area contributed by atoms with Crippen LogP contribution >= 0.6 is 11.6 Å². The quantitative estimate of drug-likeness (QED) is 0.301. The Kier molecular flexibility index (Phi) is 6.63. The van der Waals surface area contributed by atoms with Crippen molar-refractivity contribution in [2.45, 2.75) is 18.5 Å². The van der Waals surface area contributed by atoms with Crippen LogP contribution in [0.25, 0.3) is 0 Å². The van der Waals surface area contributed by atoms with Crippen molar-refractivity contribution < 1.29 is 14.4 Å². The normalized spacial score (nSPS) is 26.7. The number of carbonyl (C=O) groups is 3. The highest BCUT2D eigenvalue weighted by Crippen LogP contribution is 2.21. The zero-order valence-electron chi connectivity index (χ0n) is 12.8. The van der Waals surface area contributed by atoms with Gasteiger partial charge in [-0.25, -0.2) is 0 Å². The number of piperazine rings is 1. The van der Waals surface area contributed by atoms with Gasteiger partial charge < -0.3 is 19.8 Å². The molecule has 0 spiro atoms. The van der Waals surface area contributed by atoms with E-state index in [2.05, 4.69) is 39.0 Å². The van der Waals surface area contributed by atoms with E-state index in [4.69, 9.17) is 11.6 Å². The molecular weight excluding hydrogens is 335 g/mol. The molecule has 2 fully saturated rings. The highest BCUT2D eigenvalue weighted by Gasteiger charge is 2.34. The molecule has 2 radical (unpaired) electrons. The van der Waals surface area contributed by atoms with Crippen LogP contribution in [0.4, 0.5) is 0 Å². The molecule has 2 aliphatic rings. The van der Waals surface area contributed by atoms with Gasteiger partial charge in [-0.2, -0.15) is 0 Å². The number of rotatable bonds is 6. The van der Waals surface area contributed by atoms with Crippen molar-refractivity contribution in [1.29, 1.82) is 0 Å². The molecule has 23 heavy (non-hydrogen) atoms. The first-order chi connectivity index (χ1) is 10.9. The Balaban J connectivity index is 2.00. The molecule has 0 aliphatic carbocycles. The average molecular weight is 355 g/mol. The van der Waals surface area contributed by atoms with Gasteiger partial charge in [0.05, 0.1) is 23.9 Å². The lowest BCUT2D eigenvalue weighted by molar-refractivity contribution is -0.129. The van der Waals surface area contributed by atoms with Crippen LogP contribution in [0.1, 0.15) is 6.42 Å². The highest BCUT2D eigenvalue weighted by molar-refractivity contribution is 6.28. The fourth-order valence-corrected chi connectivity index (χ4v) is 3.25. The van der Waals surface area contributed by atoms with Crippen molar-refractivity contribution >= 4 is 45.7 Å². The van der Waals surface area contributed by atoms with Crippen molar-refractivity contribution in [3.05, 3.63) is 12.2 Å². The number of halogens is 1. The van der Waals surface area contributed by atoms with Crippen molar-refractivity contribution in [3.63, 3.8) is 0 Å². The van der Waals surface area contributed by atoms with Gasteiger partial charge in [0.2, 0.25) is 11.8 Å². The maximum absolute atomic E-state index is 12.4. The summed E-state index contributed by atoms with van der Waals surface area (Å²) in [5.41, 5.74) is 0.726. The molecule has 0 bridgehead atoms. The number of amides is 2. The third-order valence-electron chi connectivity index (χ3n) is 4.13. The molecule has 9 heteroatoms. The van der Waals surface area contributed by atoms with Gasteiger partial charge in [0, 0.05) is 19.6 Å². The smallest absolute Gasteiger partial charge is 0.256 e. The fraction of sp³-hybridized carbons (Fsp3) is 0.643. The molecule has 0 saturated carbocycles. The number of nitrogens with one attached hydrogen (secondary N) is 3. The monoisotopic (exact) mass is 354 g/mol. The van der Waals surface area contributed by atoms with Gasteiger partial charge in [0.25, 0.3) is 16.5 Å². The molecule has 2 heterocycles. The molecule has 0 aromatic carbocycles. The SMILES string of the molecule is C=C1CNC(=O)[C@@H]1C[C@H](NC(=O)[C@@H]1C[N]([Al])CCN1)C(=O)CCl. The molecular formula is C14H20AlClN4O3. The second-order valence-corrected chi connectivity index (χ2v) is 6.82. The first kappa shape index (κ1) is 18.4. The molecule has 0 unspecified atom stereocenters. The molecule has 2 amide bonds. The maximum atomic E-state index is 12.4. The summed E-state index contributed by atoms with van der Waals surface area (Å²) in [5.74, 6) is -1.40. The van der Waals surface area contributed by atoms with E-state index in [1.807, 2.05) is 3.88 Å². The number of hydrogen-bond donors (Lipinski definition) is 3. The van der Waals surface area contributed by atoms with Crippen LogP contribution in [0.5, 0.6) is 0 Å². The third-order valence-corrected chi connectivity index (χ3v) is 4.86. The van der Waals surface area contributed by atoms with Crippen LogP contribution in [0, 0.1) is 5.92 Å². The topological polar surface area (TPSA) is 90.5 Å². The molecule has 7 nitrogen and oxygen atoms in total. The number of alkyl halides is 1. The molecule has 0 aromatic heterocycles. The van der Waals surface area contributed by atoms with Gasteiger partial charge in [-0.05, 0) is 18.5 Å². The Hall–Kier alpha value is -0.908. The van der Waals surface area contributed by atoms with Gasteiger partial charge in [-0.3, -0.25) is 14.4 Å². The van der Waals surface area contributed by atoms with E-state index in [1.165, 1.54) is 0 Å². The van der Waals surface area contributed by atoms with E-state index in [9.17, 15) is 14.4 Å². The zero-order chi connectivity index (χ0) is 17.0. The van der Waals surface area contributed by atoms with Crippen LogP contribution in [-0.2, 0) is 14.4 Å². The molecule has 0 aromatic rings.